The number of rotatable bonds is 5. The lowest BCUT2D eigenvalue weighted by Crippen LogP contribution is -2.10. The van der Waals surface area contributed by atoms with Crippen molar-refractivity contribution in [3.05, 3.63) is 36.4 Å². The minimum atomic E-state index is -0.0121. The van der Waals surface area contributed by atoms with Gasteiger partial charge in [-0.15, -0.1) is 0 Å². The Balaban J connectivity index is 2.06. The van der Waals surface area contributed by atoms with Gasteiger partial charge in [0.1, 0.15) is 5.75 Å². The molecule has 0 spiro atoms. The number of ether oxygens (including phenoxy) is 1. The Morgan fingerprint density at radius 2 is 2.11 bits per heavy atom. The van der Waals surface area contributed by atoms with Crippen molar-refractivity contribution in [3.8, 4) is 11.5 Å². The van der Waals surface area contributed by atoms with E-state index in [1.54, 1.807) is 12.4 Å². The molecule has 0 radical (unpaired) electrons. The van der Waals surface area contributed by atoms with Crippen LogP contribution in [0.1, 0.15) is 32.0 Å². The van der Waals surface area contributed by atoms with E-state index >= 15 is 0 Å². The summed E-state index contributed by atoms with van der Waals surface area (Å²) in [5.74, 6) is 1.41. The summed E-state index contributed by atoms with van der Waals surface area (Å²) in [5, 5.41) is 4.14. The molecule has 0 saturated heterocycles. The summed E-state index contributed by atoms with van der Waals surface area (Å²) < 4.78 is 7.45. The molecule has 5 nitrogen and oxygen atoms in total. The lowest BCUT2D eigenvalue weighted by molar-refractivity contribution is 0.477. The van der Waals surface area contributed by atoms with Crippen LogP contribution in [0.5, 0.6) is 11.5 Å². The van der Waals surface area contributed by atoms with E-state index in [0.717, 1.165) is 18.7 Å². The SMILES string of the molecule is CC[C@@H](N)c1ccc(Oc2cnn(CC)c2)cn1. The maximum Gasteiger partial charge on any atom is 0.165 e. The molecule has 0 aliphatic rings. The van der Waals surface area contributed by atoms with Gasteiger partial charge in [0, 0.05) is 12.6 Å². The fourth-order valence-electron chi connectivity index (χ4n) is 1.59. The molecule has 0 amide bonds. The average molecular weight is 246 g/mol. The molecule has 2 aromatic rings. The number of nitrogens with two attached hydrogens (primary N) is 1. The largest absolute Gasteiger partial charge is 0.452 e. The number of aryl methyl sites for hydroxylation is 1. The Morgan fingerprint density at radius 3 is 2.67 bits per heavy atom. The summed E-state index contributed by atoms with van der Waals surface area (Å²) in [6.07, 6.45) is 6.10. The van der Waals surface area contributed by atoms with Gasteiger partial charge in [-0.1, -0.05) is 6.92 Å². The van der Waals surface area contributed by atoms with Crippen LogP contribution in [-0.2, 0) is 6.54 Å². The van der Waals surface area contributed by atoms with Crippen molar-refractivity contribution in [1.29, 1.82) is 0 Å². The van der Waals surface area contributed by atoms with E-state index in [-0.39, 0.29) is 6.04 Å². The monoisotopic (exact) mass is 246 g/mol. The van der Waals surface area contributed by atoms with E-state index in [1.165, 1.54) is 0 Å². The maximum absolute atomic E-state index is 5.90. The van der Waals surface area contributed by atoms with Crippen LogP contribution in [0, 0.1) is 0 Å². The molecule has 0 saturated carbocycles. The van der Waals surface area contributed by atoms with E-state index < -0.39 is 0 Å². The molecule has 1 atom stereocenters. The highest BCUT2D eigenvalue weighted by atomic mass is 16.5. The van der Waals surface area contributed by atoms with Crippen molar-refractivity contribution < 1.29 is 4.74 Å². The first-order valence-electron chi connectivity index (χ1n) is 6.14. The third-order valence-corrected chi connectivity index (χ3v) is 2.75. The van der Waals surface area contributed by atoms with Crippen LogP contribution < -0.4 is 10.5 Å². The third kappa shape index (κ3) is 2.87. The molecule has 0 bridgehead atoms. The van der Waals surface area contributed by atoms with Gasteiger partial charge in [-0.25, -0.2) is 0 Å². The van der Waals surface area contributed by atoms with Gasteiger partial charge < -0.3 is 10.5 Å². The molecule has 2 aromatic heterocycles. The first-order chi connectivity index (χ1) is 8.72. The Hall–Kier alpha value is -1.88. The van der Waals surface area contributed by atoms with Gasteiger partial charge in [-0.3, -0.25) is 9.67 Å². The minimum absolute atomic E-state index is 0.0121. The second-order valence-corrected chi connectivity index (χ2v) is 4.07. The molecule has 0 aliphatic carbocycles. The summed E-state index contributed by atoms with van der Waals surface area (Å²) >= 11 is 0. The number of hydrogen-bond donors (Lipinski definition) is 1. The van der Waals surface area contributed by atoms with Crippen LogP contribution in [-0.4, -0.2) is 14.8 Å². The van der Waals surface area contributed by atoms with Crippen LogP contribution in [0.25, 0.3) is 0 Å². The highest BCUT2D eigenvalue weighted by Gasteiger charge is 2.06. The van der Waals surface area contributed by atoms with Crippen molar-refractivity contribution in [2.24, 2.45) is 5.73 Å². The van der Waals surface area contributed by atoms with Crippen molar-refractivity contribution in [1.82, 2.24) is 14.8 Å². The van der Waals surface area contributed by atoms with Crippen LogP contribution in [0.4, 0.5) is 0 Å². The summed E-state index contributed by atoms with van der Waals surface area (Å²) in [6.45, 7) is 4.89. The van der Waals surface area contributed by atoms with Crippen molar-refractivity contribution >= 4 is 0 Å². The smallest absolute Gasteiger partial charge is 0.165 e. The molecule has 0 aliphatic heterocycles. The fourth-order valence-corrected chi connectivity index (χ4v) is 1.59. The molecule has 0 aromatic carbocycles. The zero-order valence-corrected chi connectivity index (χ0v) is 10.7. The zero-order chi connectivity index (χ0) is 13.0. The van der Waals surface area contributed by atoms with Gasteiger partial charge in [0.25, 0.3) is 0 Å². The van der Waals surface area contributed by atoms with Gasteiger partial charge in [0.2, 0.25) is 0 Å². The quantitative estimate of drug-likeness (QED) is 0.880. The lowest BCUT2D eigenvalue weighted by atomic mass is 10.1. The van der Waals surface area contributed by atoms with Crippen molar-refractivity contribution in [3.63, 3.8) is 0 Å². The number of hydrogen-bond acceptors (Lipinski definition) is 4. The predicted molar refractivity (Wildman–Crippen MR) is 69.4 cm³/mol. The molecule has 2 N–H and O–H groups in total. The molecular weight excluding hydrogens is 228 g/mol. The van der Waals surface area contributed by atoms with Gasteiger partial charge >= 0.3 is 0 Å². The van der Waals surface area contributed by atoms with Gasteiger partial charge in [0.05, 0.1) is 24.3 Å². The second kappa shape index (κ2) is 5.64. The topological polar surface area (TPSA) is 66.0 Å². The van der Waals surface area contributed by atoms with E-state index in [9.17, 15) is 0 Å². The van der Waals surface area contributed by atoms with E-state index in [0.29, 0.717) is 11.5 Å². The normalized spacial score (nSPS) is 12.4. The van der Waals surface area contributed by atoms with Crippen LogP contribution >= 0.6 is 0 Å². The van der Waals surface area contributed by atoms with E-state index in [4.69, 9.17) is 10.5 Å². The molecular formula is C13H18N4O. The van der Waals surface area contributed by atoms with Gasteiger partial charge in [-0.05, 0) is 25.5 Å². The van der Waals surface area contributed by atoms with Crippen LogP contribution in [0.2, 0.25) is 0 Å². The molecule has 5 heteroatoms. The highest BCUT2D eigenvalue weighted by molar-refractivity contribution is 5.27. The molecule has 0 unspecified atom stereocenters. The van der Waals surface area contributed by atoms with Gasteiger partial charge in [-0.2, -0.15) is 5.10 Å². The first kappa shape index (κ1) is 12.6. The van der Waals surface area contributed by atoms with E-state index in [2.05, 4.69) is 10.1 Å². The molecule has 0 fully saturated rings. The van der Waals surface area contributed by atoms with Crippen LogP contribution in [0.15, 0.2) is 30.7 Å². The Morgan fingerprint density at radius 1 is 1.28 bits per heavy atom. The fraction of sp³-hybridized carbons (Fsp3) is 0.385. The number of aromatic nitrogens is 3. The maximum atomic E-state index is 5.90. The van der Waals surface area contributed by atoms with Crippen LogP contribution in [0.3, 0.4) is 0 Å². The standard InChI is InChI=1S/C13H18N4O/c1-3-12(14)13-6-5-10(7-15-13)18-11-8-16-17(4-2)9-11/h5-9,12H,3-4,14H2,1-2H3/t12-/m1/s1. The van der Waals surface area contributed by atoms with Gasteiger partial charge in [0.15, 0.2) is 5.75 Å². The molecule has 2 rings (SSSR count). The Bertz CT molecular complexity index is 492. The second-order valence-electron chi connectivity index (χ2n) is 4.07. The van der Waals surface area contributed by atoms with Crippen molar-refractivity contribution in [2.45, 2.75) is 32.9 Å². The summed E-state index contributed by atoms with van der Waals surface area (Å²) in [6, 6.07) is 3.76. The van der Waals surface area contributed by atoms with E-state index in [1.807, 2.05) is 36.9 Å². The molecule has 18 heavy (non-hydrogen) atoms. The lowest BCUT2D eigenvalue weighted by Gasteiger charge is -2.08. The van der Waals surface area contributed by atoms with Crippen molar-refractivity contribution in [2.75, 3.05) is 0 Å². The number of pyridine rings is 1. The average Bonchev–Trinajstić information content (AvgIpc) is 2.86. The summed E-state index contributed by atoms with van der Waals surface area (Å²) in [7, 11) is 0. The Kier molecular flexibility index (Phi) is 3.94. The zero-order valence-electron chi connectivity index (χ0n) is 10.7. The predicted octanol–water partition coefficient (Wildman–Crippen LogP) is 2.50. The number of nitrogens with zero attached hydrogens (tertiary/aromatic N) is 3. The first-order valence-corrected chi connectivity index (χ1v) is 6.14. The highest BCUT2D eigenvalue weighted by Crippen LogP contribution is 2.21. The third-order valence-electron chi connectivity index (χ3n) is 2.75. The molecule has 2 heterocycles. The summed E-state index contributed by atoms with van der Waals surface area (Å²) in [5.41, 5.74) is 6.79. The minimum Gasteiger partial charge on any atom is -0.452 e. The summed E-state index contributed by atoms with van der Waals surface area (Å²) in [4.78, 5) is 4.30. The Labute approximate surface area is 107 Å². The molecule has 96 valence electrons.